The molecule has 0 atom stereocenters. The number of hydrogen-bond acceptors (Lipinski definition) is 4. The summed E-state index contributed by atoms with van der Waals surface area (Å²) in [6.07, 6.45) is 27.8. The van der Waals surface area contributed by atoms with Gasteiger partial charge in [-0.3, -0.25) is 0 Å². The molecule has 0 amide bonds. The van der Waals surface area contributed by atoms with E-state index in [4.69, 9.17) is 10.2 Å². The summed E-state index contributed by atoms with van der Waals surface area (Å²) in [5.74, 6) is -3.81. The van der Waals surface area contributed by atoms with Gasteiger partial charge in [0.2, 0.25) is 0 Å². The van der Waals surface area contributed by atoms with Crippen LogP contribution >= 0.6 is 0 Å². The zero-order chi connectivity index (χ0) is 26.9. The minimum Gasteiger partial charge on any atom is -0.544 e. The second-order valence-electron chi connectivity index (χ2n) is 10.4. The van der Waals surface area contributed by atoms with Crippen LogP contribution in [0.1, 0.15) is 129 Å². The minimum atomic E-state index is -1.42. The average molecular weight is 512 g/mol. The van der Waals surface area contributed by atoms with Crippen LogP contribution in [-0.2, 0) is 14.4 Å². The number of allylic oxidation sites excluding steroid dienone is 2. The number of quaternary nitrogens is 1. The molecule has 0 fully saturated rings. The Morgan fingerprint density at radius 3 is 1.28 bits per heavy atom. The summed E-state index contributed by atoms with van der Waals surface area (Å²) < 4.78 is -0.496. The van der Waals surface area contributed by atoms with Crippen LogP contribution in [-0.4, -0.2) is 58.8 Å². The van der Waals surface area contributed by atoms with Crippen molar-refractivity contribution in [2.45, 2.75) is 129 Å². The standard InChI is InChI=1S/C29H53NO6/c1-2-3-4-5-6-7-8-9-10-11-12-13-14-15-16-17-18-19-20-21-22-23-30(24-27(31)32,25-28(33)34)26-29(35)36/h3-4H,2,5-26H2,1H3,(H2-,31,32,33,34,35,36)/b4-3+. The maximum atomic E-state index is 11.2. The molecule has 0 bridgehead atoms. The summed E-state index contributed by atoms with van der Waals surface area (Å²) in [5, 5.41) is 29.3. The molecular formula is C29H53NO6. The third-order valence-electron chi connectivity index (χ3n) is 6.81. The lowest BCUT2D eigenvalue weighted by Gasteiger charge is -2.36. The third-order valence-corrected chi connectivity index (χ3v) is 6.81. The quantitative estimate of drug-likeness (QED) is 0.0829. The fraction of sp³-hybridized carbons (Fsp3) is 0.828. The van der Waals surface area contributed by atoms with E-state index in [-0.39, 0.29) is 6.54 Å². The number of hydrogen-bond donors (Lipinski definition) is 2. The van der Waals surface area contributed by atoms with Crippen molar-refractivity contribution >= 4 is 17.9 Å². The lowest BCUT2D eigenvalue weighted by molar-refractivity contribution is -0.909. The van der Waals surface area contributed by atoms with Gasteiger partial charge in [0.25, 0.3) is 0 Å². The first kappa shape index (κ1) is 34.1. The van der Waals surface area contributed by atoms with Gasteiger partial charge in [0.1, 0.15) is 6.54 Å². The molecule has 0 aromatic carbocycles. The Morgan fingerprint density at radius 1 is 0.583 bits per heavy atom. The van der Waals surface area contributed by atoms with E-state index in [0.29, 0.717) is 6.42 Å². The van der Waals surface area contributed by atoms with Crippen molar-refractivity contribution in [1.82, 2.24) is 0 Å². The van der Waals surface area contributed by atoms with Crippen LogP contribution in [0.2, 0.25) is 0 Å². The molecule has 0 aromatic heterocycles. The third kappa shape index (κ3) is 22.6. The number of carboxylic acid groups (broad SMARTS) is 3. The van der Waals surface area contributed by atoms with E-state index in [1.165, 1.54) is 89.9 Å². The number of carbonyl (C=O) groups excluding carboxylic acids is 1. The summed E-state index contributed by atoms with van der Waals surface area (Å²) in [7, 11) is 0. The van der Waals surface area contributed by atoms with E-state index < -0.39 is 42.0 Å². The molecule has 7 nitrogen and oxygen atoms in total. The number of aliphatic carboxylic acids is 3. The second kappa shape index (κ2) is 23.5. The monoisotopic (exact) mass is 511 g/mol. The fourth-order valence-corrected chi connectivity index (χ4v) is 4.90. The Balaban J connectivity index is 3.64. The highest BCUT2D eigenvalue weighted by Gasteiger charge is 2.33. The van der Waals surface area contributed by atoms with Crippen molar-refractivity contribution < 1.29 is 34.2 Å². The molecule has 0 saturated carbocycles. The van der Waals surface area contributed by atoms with Gasteiger partial charge in [-0.2, -0.15) is 0 Å². The minimum absolute atomic E-state index is 0.225. The van der Waals surface area contributed by atoms with Crippen molar-refractivity contribution in [2.24, 2.45) is 0 Å². The van der Waals surface area contributed by atoms with Gasteiger partial charge >= 0.3 is 11.9 Å². The van der Waals surface area contributed by atoms with E-state index in [1.807, 2.05) is 0 Å². The fourth-order valence-electron chi connectivity index (χ4n) is 4.90. The molecular weight excluding hydrogens is 458 g/mol. The first-order chi connectivity index (χ1) is 17.3. The number of unbranched alkanes of at least 4 members (excludes halogenated alkanes) is 17. The second-order valence-corrected chi connectivity index (χ2v) is 10.4. The SMILES string of the molecule is CC/C=C/CCCCCCCCCCCCCCCCCCC[N+](CC(=O)[O-])(CC(=O)O)CC(=O)O. The Morgan fingerprint density at radius 2 is 0.944 bits per heavy atom. The van der Waals surface area contributed by atoms with Crippen LogP contribution in [0.4, 0.5) is 0 Å². The van der Waals surface area contributed by atoms with Crippen molar-refractivity contribution in [3.05, 3.63) is 12.2 Å². The van der Waals surface area contributed by atoms with Gasteiger partial charge in [0.05, 0.1) is 12.5 Å². The molecule has 0 aliphatic heterocycles. The molecule has 0 radical (unpaired) electrons. The molecule has 0 unspecified atom stereocenters. The van der Waals surface area contributed by atoms with Gasteiger partial charge in [-0.15, -0.1) is 0 Å². The van der Waals surface area contributed by atoms with Crippen molar-refractivity contribution in [2.75, 3.05) is 26.2 Å². The smallest absolute Gasteiger partial charge is 0.359 e. The van der Waals surface area contributed by atoms with E-state index in [1.54, 1.807) is 0 Å². The largest absolute Gasteiger partial charge is 0.544 e. The zero-order valence-electron chi connectivity index (χ0n) is 22.9. The molecule has 7 heteroatoms. The predicted octanol–water partition coefficient (Wildman–Crippen LogP) is 5.71. The van der Waals surface area contributed by atoms with Gasteiger partial charge in [-0.25, -0.2) is 9.59 Å². The van der Waals surface area contributed by atoms with Crippen molar-refractivity contribution in [3.63, 3.8) is 0 Å². The van der Waals surface area contributed by atoms with Gasteiger partial charge in [-0.05, 0) is 32.1 Å². The van der Waals surface area contributed by atoms with Gasteiger partial charge in [0, 0.05) is 0 Å². The lowest BCUT2D eigenvalue weighted by Crippen LogP contribution is -2.59. The van der Waals surface area contributed by atoms with Crippen LogP contribution < -0.4 is 5.11 Å². The van der Waals surface area contributed by atoms with Crippen molar-refractivity contribution in [3.8, 4) is 0 Å². The highest BCUT2D eigenvalue weighted by molar-refractivity contribution is 5.72. The summed E-state index contributed by atoms with van der Waals surface area (Å²) in [6, 6.07) is 0. The number of carbonyl (C=O) groups is 3. The Kier molecular flexibility index (Phi) is 22.3. The molecule has 2 N–H and O–H groups in total. The van der Waals surface area contributed by atoms with Crippen LogP contribution in [0, 0.1) is 0 Å². The zero-order valence-corrected chi connectivity index (χ0v) is 22.9. The Bertz CT molecular complexity index is 564. The maximum Gasteiger partial charge on any atom is 0.359 e. The van der Waals surface area contributed by atoms with E-state index in [2.05, 4.69) is 19.1 Å². The Hall–Kier alpha value is -1.89. The molecule has 0 spiro atoms. The molecule has 0 aliphatic rings. The van der Waals surface area contributed by atoms with Gasteiger partial charge in [-0.1, -0.05) is 109 Å². The van der Waals surface area contributed by atoms with E-state index >= 15 is 0 Å². The normalized spacial score (nSPS) is 11.8. The van der Waals surface area contributed by atoms with E-state index in [9.17, 15) is 19.5 Å². The summed E-state index contributed by atoms with van der Waals surface area (Å²) >= 11 is 0. The lowest BCUT2D eigenvalue weighted by atomic mass is 10.0. The van der Waals surface area contributed by atoms with E-state index in [0.717, 1.165) is 25.7 Å². The average Bonchev–Trinajstić information content (AvgIpc) is 2.78. The predicted molar refractivity (Wildman–Crippen MR) is 143 cm³/mol. The first-order valence-electron chi connectivity index (χ1n) is 14.4. The molecule has 0 heterocycles. The van der Waals surface area contributed by atoms with Crippen LogP contribution in [0.25, 0.3) is 0 Å². The molecule has 0 aliphatic carbocycles. The molecule has 210 valence electrons. The molecule has 0 rings (SSSR count). The number of nitrogens with zero attached hydrogens (tertiary/aromatic N) is 1. The summed E-state index contributed by atoms with van der Waals surface area (Å²) in [5.41, 5.74) is 0. The highest BCUT2D eigenvalue weighted by atomic mass is 16.4. The van der Waals surface area contributed by atoms with Crippen LogP contribution in [0.5, 0.6) is 0 Å². The first-order valence-corrected chi connectivity index (χ1v) is 14.4. The van der Waals surface area contributed by atoms with Crippen LogP contribution in [0.15, 0.2) is 12.2 Å². The van der Waals surface area contributed by atoms with Crippen LogP contribution in [0.3, 0.4) is 0 Å². The summed E-state index contributed by atoms with van der Waals surface area (Å²) in [6.45, 7) is 0.786. The number of carboxylic acids is 3. The molecule has 0 saturated heterocycles. The molecule has 0 aromatic rings. The van der Waals surface area contributed by atoms with Crippen molar-refractivity contribution in [1.29, 1.82) is 0 Å². The van der Waals surface area contributed by atoms with Gasteiger partial charge in [0.15, 0.2) is 13.1 Å². The highest BCUT2D eigenvalue weighted by Crippen LogP contribution is 2.16. The maximum absolute atomic E-state index is 11.2. The summed E-state index contributed by atoms with van der Waals surface area (Å²) in [4.78, 5) is 33.4. The molecule has 36 heavy (non-hydrogen) atoms. The topological polar surface area (TPSA) is 115 Å². The van der Waals surface area contributed by atoms with Gasteiger partial charge < -0.3 is 24.6 Å². The number of rotatable bonds is 27. The Labute approximate surface area is 219 Å².